The molecule has 0 aliphatic carbocycles. The molecule has 1 fully saturated rings. The monoisotopic (exact) mass is 225 g/mol. The molecule has 1 aliphatic rings. The van der Waals surface area contributed by atoms with E-state index in [0.717, 1.165) is 25.8 Å². The second-order valence-electron chi connectivity index (χ2n) is 4.85. The number of hydrogen-bond donors (Lipinski definition) is 2. The molecule has 0 aromatic heterocycles. The Morgan fingerprint density at radius 3 is 2.56 bits per heavy atom. The van der Waals surface area contributed by atoms with E-state index in [9.17, 15) is 4.79 Å². The van der Waals surface area contributed by atoms with Crippen molar-refractivity contribution in [2.24, 2.45) is 10.9 Å². The molecule has 0 saturated carbocycles. The van der Waals surface area contributed by atoms with Crippen molar-refractivity contribution < 1.29 is 4.79 Å². The summed E-state index contributed by atoms with van der Waals surface area (Å²) in [6.07, 6.45) is 2.65. The number of aliphatic imine (C=N–C) groups is 1. The Kier molecular flexibility index (Phi) is 4.33. The second-order valence-corrected chi connectivity index (χ2v) is 4.85. The van der Waals surface area contributed by atoms with Crippen LogP contribution in [0.2, 0.25) is 0 Å². The highest BCUT2D eigenvalue weighted by Crippen LogP contribution is 2.21. The molecule has 0 spiro atoms. The van der Waals surface area contributed by atoms with Gasteiger partial charge in [0, 0.05) is 6.54 Å². The third kappa shape index (κ3) is 2.74. The molecule has 2 N–H and O–H groups in total. The predicted molar refractivity (Wildman–Crippen MR) is 66.3 cm³/mol. The topological polar surface area (TPSA) is 53.5 Å². The fourth-order valence-corrected chi connectivity index (χ4v) is 1.92. The van der Waals surface area contributed by atoms with E-state index in [-0.39, 0.29) is 5.91 Å². The average molecular weight is 225 g/mol. The number of nitrogens with one attached hydrogen (secondary N) is 2. The molecule has 1 rings (SSSR count). The zero-order valence-corrected chi connectivity index (χ0v) is 10.8. The number of guanidine groups is 1. The first-order chi connectivity index (χ1) is 7.54. The summed E-state index contributed by atoms with van der Waals surface area (Å²) in [6, 6.07) is 0. The summed E-state index contributed by atoms with van der Waals surface area (Å²) in [5.41, 5.74) is -0.426. The van der Waals surface area contributed by atoms with Gasteiger partial charge in [-0.05, 0) is 18.8 Å². The maximum atomic E-state index is 11.9. The van der Waals surface area contributed by atoms with E-state index in [1.165, 1.54) is 0 Å². The van der Waals surface area contributed by atoms with Gasteiger partial charge in [0.2, 0.25) is 0 Å². The lowest BCUT2D eigenvalue weighted by atomic mass is 9.91. The molecule has 1 saturated heterocycles. The van der Waals surface area contributed by atoms with Crippen LogP contribution in [0.4, 0.5) is 0 Å². The Balaban J connectivity index is 2.71. The van der Waals surface area contributed by atoms with E-state index in [1.807, 2.05) is 6.92 Å². The highest BCUT2D eigenvalue weighted by molar-refractivity contribution is 6.08. The van der Waals surface area contributed by atoms with Gasteiger partial charge in [0.15, 0.2) is 5.96 Å². The first kappa shape index (κ1) is 13.0. The Labute approximate surface area is 97.9 Å². The molecule has 16 heavy (non-hydrogen) atoms. The maximum Gasteiger partial charge on any atom is 0.252 e. The smallest absolute Gasteiger partial charge is 0.252 e. The van der Waals surface area contributed by atoms with Crippen LogP contribution < -0.4 is 10.6 Å². The third-order valence-corrected chi connectivity index (χ3v) is 2.92. The maximum absolute atomic E-state index is 11.9. The molecule has 1 atom stereocenters. The lowest BCUT2D eigenvalue weighted by Gasteiger charge is -2.23. The number of nitrogens with zero attached hydrogens (tertiary/aromatic N) is 1. The van der Waals surface area contributed by atoms with E-state index >= 15 is 0 Å². The number of rotatable bonds is 5. The van der Waals surface area contributed by atoms with Crippen LogP contribution >= 0.6 is 0 Å². The number of amides is 1. The van der Waals surface area contributed by atoms with Crippen LogP contribution in [0.15, 0.2) is 4.99 Å². The summed E-state index contributed by atoms with van der Waals surface area (Å²) in [4.78, 5) is 16.3. The van der Waals surface area contributed by atoms with Crippen LogP contribution in [-0.4, -0.2) is 24.0 Å². The Hall–Kier alpha value is -1.06. The van der Waals surface area contributed by atoms with Gasteiger partial charge in [0.25, 0.3) is 5.91 Å². The normalized spacial score (nSPS) is 27.3. The van der Waals surface area contributed by atoms with Gasteiger partial charge in [-0.1, -0.05) is 34.1 Å². The van der Waals surface area contributed by atoms with E-state index in [0.29, 0.717) is 11.9 Å². The van der Waals surface area contributed by atoms with Gasteiger partial charge in [-0.3, -0.25) is 15.1 Å². The van der Waals surface area contributed by atoms with Gasteiger partial charge in [-0.2, -0.15) is 0 Å². The van der Waals surface area contributed by atoms with Gasteiger partial charge < -0.3 is 5.32 Å². The standard InChI is InChI=1S/C12H23N3O/c1-5-7-12(6-2)10(16)14-11(15-12)13-8-9(3)4/h9H,5-8H2,1-4H3,(H2,13,14,15,16). The molecule has 1 amide bonds. The number of carbonyl (C=O) groups excluding carboxylic acids is 1. The minimum atomic E-state index is -0.426. The van der Waals surface area contributed by atoms with E-state index < -0.39 is 5.54 Å². The summed E-state index contributed by atoms with van der Waals surface area (Å²) in [5, 5.41) is 6.09. The van der Waals surface area contributed by atoms with Crippen molar-refractivity contribution in [3.63, 3.8) is 0 Å². The quantitative estimate of drug-likeness (QED) is 0.747. The summed E-state index contributed by atoms with van der Waals surface area (Å²) in [7, 11) is 0. The molecule has 4 heteroatoms. The van der Waals surface area contributed by atoms with Crippen LogP contribution in [0.5, 0.6) is 0 Å². The first-order valence-corrected chi connectivity index (χ1v) is 6.18. The number of carbonyl (C=O) groups is 1. The summed E-state index contributed by atoms with van der Waals surface area (Å²) in [6.45, 7) is 9.09. The summed E-state index contributed by atoms with van der Waals surface area (Å²) >= 11 is 0. The predicted octanol–water partition coefficient (Wildman–Crippen LogP) is 1.67. The largest absolute Gasteiger partial charge is 0.342 e. The molecule has 4 nitrogen and oxygen atoms in total. The van der Waals surface area contributed by atoms with Gasteiger partial charge in [0.1, 0.15) is 5.54 Å². The average Bonchev–Trinajstić information content (AvgIpc) is 2.54. The van der Waals surface area contributed by atoms with Crippen molar-refractivity contribution in [2.75, 3.05) is 6.54 Å². The zero-order chi connectivity index (χ0) is 12.2. The molecular weight excluding hydrogens is 202 g/mol. The summed E-state index contributed by atoms with van der Waals surface area (Å²) in [5.74, 6) is 1.22. The van der Waals surface area contributed by atoms with Crippen molar-refractivity contribution in [1.29, 1.82) is 0 Å². The fourth-order valence-electron chi connectivity index (χ4n) is 1.92. The SMILES string of the molecule is CCCC1(CC)NC(=NCC(C)C)NC1=O. The van der Waals surface area contributed by atoms with Crippen molar-refractivity contribution in [1.82, 2.24) is 10.6 Å². The second kappa shape index (κ2) is 5.32. The molecule has 1 unspecified atom stereocenters. The lowest BCUT2D eigenvalue weighted by molar-refractivity contribution is -0.124. The first-order valence-electron chi connectivity index (χ1n) is 6.18. The highest BCUT2D eigenvalue weighted by Gasteiger charge is 2.42. The molecule has 92 valence electrons. The molecule has 0 radical (unpaired) electrons. The van der Waals surface area contributed by atoms with Crippen molar-refractivity contribution in [3.05, 3.63) is 0 Å². The van der Waals surface area contributed by atoms with Crippen LogP contribution in [0.1, 0.15) is 47.0 Å². The van der Waals surface area contributed by atoms with Crippen molar-refractivity contribution in [3.8, 4) is 0 Å². The van der Waals surface area contributed by atoms with E-state index in [1.54, 1.807) is 0 Å². The molecular formula is C12H23N3O. The van der Waals surface area contributed by atoms with Gasteiger partial charge >= 0.3 is 0 Å². The molecule has 1 aliphatic heterocycles. The van der Waals surface area contributed by atoms with Crippen LogP contribution in [0.25, 0.3) is 0 Å². The minimum absolute atomic E-state index is 0.0688. The number of hydrogen-bond acceptors (Lipinski definition) is 2. The minimum Gasteiger partial charge on any atom is -0.342 e. The summed E-state index contributed by atoms with van der Waals surface area (Å²) < 4.78 is 0. The van der Waals surface area contributed by atoms with Gasteiger partial charge in [0.05, 0.1) is 0 Å². The lowest BCUT2D eigenvalue weighted by Crippen LogP contribution is -2.46. The van der Waals surface area contributed by atoms with Crippen LogP contribution in [0, 0.1) is 5.92 Å². The zero-order valence-electron chi connectivity index (χ0n) is 10.8. The van der Waals surface area contributed by atoms with Gasteiger partial charge in [-0.25, -0.2) is 0 Å². The third-order valence-electron chi connectivity index (χ3n) is 2.92. The Morgan fingerprint density at radius 1 is 1.38 bits per heavy atom. The van der Waals surface area contributed by atoms with Crippen molar-refractivity contribution in [2.45, 2.75) is 52.5 Å². The molecule has 0 bridgehead atoms. The molecule has 1 heterocycles. The van der Waals surface area contributed by atoms with Gasteiger partial charge in [-0.15, -0.1) is 0 Å². The van der Waals surface area contributed by atoms with Crippen LogP contribution in [0.3, 0.4) is 0 Å². The highest BCUT2D eigenvalue weighted by atomic mass is 16.2. The van der Waals surface area contributed by atoms with Crippen LogP contribution in [-0.2, 0) is 4.79 Å². The Morgan fingerprint density at radius 2 is 2.06 bits per heavy atom. The Bertz CT molecular complexity index is 286. The van der Waals surface area contributed by atoms with Crippen molar-refractivity contribution >= 4 is 11.9 Å². The fraction of sp³-hybridized carbons (Fsp3) is 0.833. The van der Waals surface area contributed by atoms with E-state index in [4.69, 9.17) is 0 Å². The molecule has 0 aromatic rings. The van der Waals surface area contributed by atoms with E-state index in [2.05, 4.69) is 36.4 Å². The molecule has 0 aromatic carbocycles.